The van der Waals surface area contributed by atoms with Crippen molar-refractivity contribution in [1.29, 1.82) is 0 Å². The number of carbonyl (C=O) groups is 3. The van der Waals surface area contributed by atoms with Crippen LogP contribution in [0.4, 0.5) is 0 Å². The summed E-state index contributed by atoms with van der Waals surface area (Å²) in [6.45, 7) is 6.57. The predicted octanol–water partition coefficient (Wildman–Crippen LogP) is 21.0. The highest BCUT2D eigenvalue weighted by atomic mass is 16.6. The van der Waals surface area contributed by atoms with Gasteiger partial charge in [-0.2, -0.15) is 0 Å². The Kier molecular flexibility index (Phi) is 57.7. The molecule has 0 saturated heterocycles. The number of hydrogen-bond acceptors (Lipinski definition) is 6. The Morgan fingerprint density at radius 3 is 0.859 bits per heavy atom. The lowest BCUT2D eigenvalue weighted by Crippen LogP contribution is -2.30. The largest absolute Gasteiger partial charge is 0.462 e. The third-order valence-electron chi connectivity index (χ3n) is 13.8. The zero-order valence-electron chi connectivity index (χ0n) is 47.5. The predicted molar refractivity (Wildman–Crippen MR) is 307 cm³/mol. The molecule has 0 aromatic heterocycles. The van der Waals surface area contributed by atoms with Crippen LogP contribution < -0.4 is 0 Å². The SMILES string of the molecule is CC/C=C\C/C=C\C/C=C\C/C=C\CCCCCCC(=O)OC[C@H](COC(=O)CCCCCCCCCCCCCCCCCCC)OC(=O)CCCCCCCCCCCCCCCCCCCCC. The van der Waals surface area contributed by atoms with Crippen LogP contribution >= 0.6 is 0 Å². The molecule has 0 heterocycles. The Bertz CT molecular complexity index is 1230. The van der Waals surface area contributed by atoms with Gasteiger partial charge in [-0.05, 0) is 57.8 Å². The number of ether oxygens (including phenoxy) is 3. The van der Waals surface area contributed by atoms with Crippen molar-refractivity contribution in [2.24, 2.45) is 0 Å². The van der Waals surface area contributed by atoms with Crippen LogP contribution in [0.2, 0.25) is 0 Å². The fraction of sp³-hybridized carbons (Fsp3) is 0.831. The molecule has 0 radical (unpaired) electrons. The van der Waals surface area contributed by atoms with Crippen molar-refractivity contribution in [1.82, 2.24) is 0 Å². The fourth-order valence-electron chi connectivity index (χ4n) is 9.20. The Hall–Kier alpha value is -2.63. The average Bonchev–Trinajstić information content (AvgIpc) is 3.37. The van der Waals surface area contributed by atoms with Crippen molar-refractivity contribution in [3.8, 4) is 0 Å². The highest BCUT2D eigenvalue weighted by Gasteiger charge is 2.19. The van der Waals surface area contributed by atoms with Crippen LogP contribution in [-0.2, 0) is 28.6 Å². The maximum atomic E-state index is 12.9. The van der Waals surface area contributed by atoms with Crippen LogP contribution in [0.1, 0.15) is 329 Å². The number of esters is 3. The molecule has 0 aliphatic carbocycles. The van der Waals surface area contributed by atoms with Crippen LogP contribution in [0, 0.1) is 0 Å². The van der Waals surface area contributed by atoms with Gasteiger partial charge in [0, 0.05) is 19.3 Å². The molecule has 0 N–H and O–H groups in total. The summed E-state index contributed by atoms with van der Waals surface area (Å²) in [6, 6.07) is 0. The first-order chi connectivity index (χ1) is 35.0. The van der Waals surface area contributed by atoms with Gasteiger partial charge in [-0.15, -0.1) is 0 Å². The Labute approximate surface area is 441 Å². The Balaban J connectivity index is 4.36. The first-order valence-electron chi connectivity index (χ1n) is 31.1. The van der Waals surface area contributed by atoms with E-state index in [1.165, 1.54) is 193 Å². The van der Waals surface area contributed by atoms with Gasteiger partial charge in [0.15, 0.2) is 6.10 Å². The van der Waals surface area contributed by atoms with Gasteiger partial charge in [0.25, 0.3) is 0 Å². The van der Waals surface area contributed by atoms with Crippen LogP contribution in [0.25, 0.3) is 0 Å². The minimum absolute atomic E-state index is 0.0761. The molecule has 71 heavy (non-hydrogen) atoms. The lowest BCUT2D eigenvalue weighted by molar-refractivity contribution is -0.167. The summed E-state index contributed by atoms with van der Waals surface area (Å²) in [5, 5.41) is 0. The maximum absolute atomic E-state index is 12.9. The summed E-state index contributed by atoms with van der Waals surface area (Å²) in [6.07, 6.45) is 73.9. The van der Waals surface area contributed by atoms with E-state index in [9.17, 15) is 14.4 Å². The monoisotopic (exact) mass is 995 g/mol. The van der Waals surface area contributed by atoms with E-state index < -0.39 is 6.10 Å². The van der Waals surface area contributed by atoms with Crippen molar-refractivity contribution >= 4 is 17.9 Å². The third-order valence-corrected chi connectivity index (χ3v) is 13.8. The zero-order chi connectivity index (χ0) is 51.4. The van der Waals surface area contributed by atoms with E-state index in [4.69, 9.17) is 14.2 Å². The van der Waals surface area contributed by atoms with Gasteiger partial charge in [-0.3, -0.25) is 14.4 Å². The molecule has 1 atom stereocenters. The molecular weight excluding hydrogens is 877 g/mol. The van der Waals surface area contributed by atoms with Crippen molar-refractivity contribution in [3.63, 3.8) is 0 Å². The van der Waals surface area contributed by atoms with E-state index in [1.807, 2.05) is 0 Å². The second-order valence-electron chi connectivity index (χ2n) is 21.0. The van der Waals surface area contributed by atoms with Crippen LogP contribution in [0.15, 0.2) is 48.6 Å². The highest BCUT2D eigenvalue weighted by Crippen LogP contribution is 2.17. The standard InChI is InChI=1S/C65H118O6/c1-4-7-10-13-16-19-22-25-28-31-32-35-38-41-44-47-50-53-56-59-65(68)71-62(60-69-63(66)57-54-51-48-45-42-39-36-33-29-26-23-20-17-14-11-8-5-2)61-70-64(67)58-55-52-49-46-43-40-37-34-30-27-24-21-18-15-12-9-6-3/h8,11,17,20,26,29,36,39,62H,4-7,9-10,12-16,18-19,21-25,27-28,30-35,37-38,40-61H2,1-3H3/b11-8-,20-17-,29-26-,39-36-/t62-/m1/s1. The van der Waals surface area contributed by atoms with E-state index in [2.05, 4.69) is 69.4 Å². The maximum Gasteiger partial charge on any atom is 0.306 e. The average molecular weight is 996 g/mol. The van der Waals surface area contributed by atoms with Gasteiger partial charge in [0.05, 0.1) is 0 Å². The first kappa shape index (κ1) is 68.4. The lowest BCUT2D eigenvalue weighted by Gasteiger charge is -2.18. The third kappa shape index (κ3) is 58.1. The number of hydrogen-bond donors (Lipinski definition) is 0. The molecule has 0 aliphatic rings. The number of carbonyl (C=O) groups excluding carboxylic acids is 3. The zero-order valence-corrected chi connectivity index (χ0v) is 47.5. The van der Waals surface area contributed by atoms with E-state index in [0.29, 0.717) is 19.3 Å². The van der Waals surface area contributed by atoms with E-state index in [-0.39, 0.29) is 31.1 Å². The molecule has 0 unspecified atom stereocenters. The Morgan fingerprint density at radius 1 is 0.296 bits per heavy atom. The van der Waals surface area contributed by atoms with Gasteiger partial charge in [-0.1, -0.05) is 301 Å². The molecule has 0 spiro atoms. The van der Waals surface area contributed by atoms with Gasteiger partial charge in [0.1, 0.15) is 13.2 Å². The van der Waals surface area contributed by atoms with Crippen molar-refractivity contribution in [3.05, 3.63) is 48.6 Å². The summed E-state index contributed by atoms with van der Waals surface area (Å²) in [4.78, 5) is 38.3. The highest BCUT2D eigenvalue weighted by molar-refractivity contribution is 5.71. The summed E-state index contributed by atoms with van der Waals surface area (Å²) in [5.41, 5.74) is 0. The molecule has 414 valence electrons. The van der Waals surface area contributed by atoms with Crippen molar-refractivity contribution < 1.29 is 28.6 Å². The van der Waals surface area contributed by atoms with Crippen molar-refractivity contribution in [2.75, 3.05) is 13.2 Å². The fourth-order valence-corrected chi connectivity index (χ4v) is 9.20. The summed E-state index contributed by atoms with van der Waals surface area (Å²) in [5.74, 6) is -0.878. The second-order valence-corrected chi connectivity index (χ2v) is 21.0. The summed E-state index contributed by atoms with van der Waals surface area (Å²) >= 11 is 0. The van der Waals surface area contributed by atoms with Crippen LogP contribution in [-0.4, -0.2) is 37.2 Å². The smallest absolute Gasteiger partial charge is 0.306 e. The second kappa shape index (κ2) is 59.9. The molecule has 0 amide bonds. The number of rotatable bonds is 57. The molecule has 0 saturated carbocycles. The Morgan fingerprint density at radius 2 is 0.549 bits per heavy atom. The van der Waals surface area contributed by atoms with Crippen LogP contribution in [0.3, 0.4) is 0 Å². The molecule has 0 rings (SSSR count). The number of unbranched alkanes of at least 4 members (excludes halogenated alkanes) is 38. The molecule has 6 nitrogen and oxygen atoms in total. The normalized spacial score (nSPS) is 12.3. The molecule has 0 fully saturated rings. The van der Waals surface area contributed by atoms with Crippen LogP contribution in [0.5, 0.6) is 0 Å². The van der Waals surface area contributed by atoms with Gasteiger partial charge < -0.3 is 14.2 Å². The molecule has 0 aliphatic heterocycles. The minimum Gasteiger partial charge on any atom is -0.462 e. The van der Waals surface area contributed by atoms with Crippen molar-refractivity contribution in [2.45, 2.75) is 335 Å². The summed E-state index contributed by atoms with van der Waals surface area (Å²) < 4.78 is 16.9. The van der Waals surface area contributed by atoms with Gasteiger partial charge in [-0.25, -0.2) is 0 Å². The summed E-state index contributed by atoms with van der Waals surface area (Å²) in [7, 11) is 0. The van der Waals surface area contributed by atoms with E-state index in [1.54, 1.807) is 0 Å². The molecule has 0 bridgehead atoms. The van der Waals surface area contributed by atoms with Gasteiger partial charge in [0.2, 0.25) is 0 Å². The minimum atomic E-state index is -0.780. The lowest BCUT2D eigenvalue weighted by atomic mass is 10.0. The van der Waals surface area contributed by atoms with Gasteiger partial charge >= 0.3 is 17.9 Å². The molecule has 0 aromatic rings. The first-order valence-corrected chi connectivity index (χ1v) is 31.1. The van der Waals surface area contributed by atoms with E-state index >= 15 is 0 Å². The molecule has 6 heteroatoms. The molecule has 0 aromatic carbocycles. The topological polar surface area (TPSA) is 78.9 Å². The van der Waals surface area contributed by atoms with E-state index in [0.717, 1.165) is 96.3 Å². The number of allylic oxidation sites excluding steroid dienone is 8. The quantitative estimate of drug-likeness (QED) is 0.0261. The molecular formula is C65H118O6.